The van der Waals surface area contributed by atoms with Gasteiger partial charge in [0.25, 0.3) is 0 Å². The number of aromatic nitrogens is 1. The van der Waals surface area contributed by atoms with Gasteiger partial charge in [0.05, 0.1) is 13.0 Å². The molecule has 5 nitrogen and oxygen atoms in total. The van der Waals surface area contributed by atoms with E-state index >= 15 is 0 Å². The van der Waals surface area contributed by atoms with Crippen molar-refractivity contribution in [2.24, 2.45) is 0 Å². The first-order valence-corrected chi connectivity index (χ1v) is 7.29. The number of hydrogen-bond donors (Lipinski definition) is 1. The monoisotopic (exact) mass is 333 g/mol. The molecule has 1 aromatic heterocycles. The van der Waals surface area contributed by atoms with E-state index in [1.54, 1.807) is 31.6 Å². The third kappa shape index (κ3) is 5.12. The molecule has 7 heteroatoms. The van der Waals surface area contributed by atoms with Gasteiger partial charge in [0, 0.05) is 26.0 Å². The number of pyridine rings is 1. The Balaban J connectivity index is 1.80. The Kier molecular flexibility index (Phi) is 5.95. The third-order valence-corrected chi connectivity index (χ3v) is 3.38. The highest BCUT2D eigenvalue weighted by Crippen LogP contribution is 2.09. The molecule has 1 N–H and O–H groups in total. The number of halogens is 2. The molecule has 0 atom stereocenters. The first-order valence-electron chi connectivity index (χ1n) is 7.29. The van der Waals surface area contributed by atoms with E-state index < -0.39 is 17.5 Å². The highest BCUT2D eigenvalue weighted by Gasteiger charge is 2.12. The summed E-state index contributed by atoms with van der Waals surface area (Å²) in [5, 5.41) is 2.47. The highest BCUT2D eigenvalue weighted by atomic mass is 19.2. The van der Waals surface area contributed by atoms with Gasteiger partial charge < -0.3 is 10.2 Å². The van der Waals surface area contributed by atoms with Gasteiger partial charge in [0.15, 0.2) is 11.6 Å². The zero-order chi connectivity index (χ0) is 17.5. The Hall–Kier alpha value is -2.83. The fraction of sp³-hybridized carbons (Fsp3) is 0.235. The number of benzene rings is 1. The topological polar surface area (TPSA) is 62.3 Å². The third-order valence-electron chi connectivity index (χ3n) is 3.38. The van der Waals surface area contributed by atoms with Gasteiger partial charge in [-0.1, -0.05) is 6.07 Å². The summed E-state index contributed by atoms with van der Waals surface area (Å²) in [7, 11) is 1.63. The Morgan fingerprint density at radius 3 is 2.46 bits per heavy atom. The van der Waals surface area contributed by atoms with Gasteiger partial charge in [-0.05, 0) is 35.4 Å². The van der Waals surface area contributed by atoms with Gasteiger partial charge in [-0.3, -0.25) is 14.6 Å². The molecule has 0 bridgehead atoms. The van der Waals surface area contributed by atoms with E-state index in [1.165, 1.54) is 11.0 Å². The van der Waals surface area contributed by atoms with Gasteiger partial charge in [-0.2, -0.15) is 0 Å². The number of nitrogens with one attached hydrogen (secondary N) is 1. The van der Waals surface area contributed by atoms with Gasteiger partial charge in [-0.25, -0.2) is 8.78 Å². The number of amides is 2. The van der Waals surface area contributed by atoms with Crippen molar-refractivity contribution >= 4 is 11.8 Å². The standard InChI is InChI=1S/C17H17F2N3O2/c1-22(11-12-4-6-20-7-5-12)17(24)10-21-16(23)9-13-2-3-14(18)15(19)8-13/h2-8H,9-11H2,1H3,(H,21,23). The van der Waals surface area contributed by atoms with Crippen LogP contribution in [0.4, 0.5) is 8.78 Å². The molecular weight excluding hydrogens is 316 g/mol. The molecular formula is C17H17F2N3O2. The summed E-state index contributed by atoms with van der Waals surface area (Å²) in [5.74, 6) is -2.67. The summed E-state index contributed by atoms with van der Waals surface area (Å²) >= 11 is 0. The van der Waals surface area contributed by atoms with Crippen molar-refractivity contribution in [1.29, 1.82) is 0 Å². The van der Waals surface area contributed by atoms with Crippen LogP contribution in [0.2, 0.25) is 0 Å². The lowest BCUT2D eigenvalue weighted by molar-refractivity contribution is -0.132. The largest absolute Gasteiger partial charge is 0.347 e. The number of rotatable bonds is 6. The number of hydrogen-bond acceptors (Lipinski definition) is 3. The summed E-state index contributed by atoms with van der Waals surface area (Å²) < 4.78 is 25.9. The number of likely N-dealkylation sites (N-methyl/N-ethyl adjacent to an activating group) is 1. The molecule has 0 radical (unpaired) electrons. The fourth-order valence-corrected chi connectivity index (χ4v) is 2.06. The molecule has 0 aliphatic rings. The van der Waals surface area contributed by atoms with Gasteiger partial charge in [-0.15, -0.1) is 0 Å². The lowest BCUT2D eigenvalue weighted by atomic mass is 10.1. The Morgan fingerprint density at radius 2 is 1.79 bits per heavy atom. The van der Waals surface area contributed by atoms with Crippen LogP contribution >= 0.6 is 0 Å². The quantitative estimate of drug-likeness (QED) is 0.875. The van der Waals surface area contributed by atoms with Crippen LogP contribution < -0.4 is 5.32 Å². The Bertz CT molecular complexity index is 723. The van der Waals surface area contributed by atoms with Crippen LogP contribution in [0.25, 0.3) is 0 Å². The van der Waals surface area contributed by atoms with Crippen LogP contribution in [-0.4, -0.2) is 35.3 Å². The molecule has 0 saturated heterocycles. The Labute approximate surface area is 138 Å². The molecule has 2 amide bonds. The average molecular weight is 333 g/mol. The molecule has 126 valence electrons. The SMILES string of the molecule is CN(Cc1ccncc1)C(=O)CNC(=O)Cc1ccc(F)c(F)c1. The van der Waals surface area contributed by atoms with Crippen molar-refractivity contribution in [3.05, 3.63) is 65.5 Å². The zero-order valence-electron chi connectivity index (χ0n) is 13.1. The van der Waals surface area contributed by atoms with Crippen LogP contribution in [0.5, 0.6) is 0 Å². The average Bonchev–Trinajstić information content (AvgIpc) is 2.57. The van der Waals surface area contributed by atoms with Crippen molar-refractivity contribution in [1.82, 2.24) is 15.2 Å². The van der Waals surface area contributed by atoms with Gasteiger partial charge in [0.2, 0.25) is 11.8 Å². The molecule has 1 aromatic carbocycles. The van der Waals surface area contributed by atoms with Crippen molar-refractivity contribution in [3.8, 4) is 0 Å². The number of nitrogens with zero attached hydrogens (tertiary/aromatic N) is 2. The Morgan fingerprint density at radius 1 is 1.08 bits per heavy atom. The summed E-state index contributed by atoms with van der Waals surface area (Å²) in [4.78, 5) is 29.2. The van der Waals surface area contributed by atoms with E-state index in [9.17, 15) is 18.4 Å². The van der Waals surface area contributed by atoms with E-state index in [1.807, 2.05) is 0 Å². The predicted molar refractivity (Wildman–Crippen MR) is 83.8 cm³/mol. The smallest absolute Gasteiger partial charge is 0.242 e. The molecule has 0 aliphatic heterocycles. The van der Waals surface area contributed by atoms with E-state index in [4.69, 9.17) is 0 Å². The first kappa shape index (κ1) is 17.5. The highest BCUT2D eigenvalue weighted by molar-refractivity contribution is 5.85. The summed E-state index contributed by atoms with van der Waals surface area (Å²) in [6, 6.07) is 6.85. The molecule has 24 heavy (non-hydrogen) atoms. The molecule has 0 fully saturated rings. The van der Waals surface area contributed by atoms with Gasteiger partial charge >= 0.3 is 0 Å². The van der Waals surface area contributed by atoms with E-state index in [2.05, 4.69) is 10.3 Å². The molecule has 0 unspecified atom stereocenters. The minimum absolute atomic E-state index is 0.126. The maximum Gasteiger partial charge on any atom is 0.242 e. The van der Waals surface area contributed by atoms with Crippen LogP contribution in [0.15, 0.2) is 42.7 Å². The van der Waals surface area contributed by atoms with Crippen LogP contribution in [0, 0.1) is 11.6 Å². The second-order valence-electron chi connectivity index (χ2n) is 5.31. The van der Waals surface area contributed by atoms with Crippen molar-refractivity contribution in [3.63, 3.8) is 0 Å². The number of carbonyl (C=O) groups excluding carboxylic acids is 2. The summed E-state index contributed by atoms with van der Waals surface area (Å²) in [6.45, 7) is 0.241. The van der Waals surface area contributed by atoms with Crippen molar-refractivity contribution < 1.29 is 18.4 Å². The molecule has 0 spiro atoms. The van der Waals surface area contributed by atoms with Crippen molar-refractivity contribution in [2.45, 2.75) is 13.0 Å². The molecule has 2 aromatic rings. The summed E-state index contributed by atoms with van der Waals surface area (Å²) in [6.07, 6.45) is 3.15. The molecule has 2 rings (SSSR count). The maximum absolute atomic E-state index is 13.1. The van der Waals surface area contributed by atoms with Crippen LogP contribution in [0.1, 0.15) is 11.1 Å². The lowest BCUT2D eigenvalue weighted by Crippen LogP contribution is -2.38. The second-order valence-corrected chi connectivity index (χ2v) is 5.31. The van der Waals surface area contributed by atoms with Gasteiger partial charge in [0.1, 0.15) is 0 Å². The first-order chi connectivity index (χ1) is 11.5. The minimum Gasteiger partial charge on any atom is -0.347 e. The normalized spacial score (nSPS) is 10.3. The number of carbonyl (C=O) groups is 2. The second kappa shape index (κ2) is 8.14. The zero-order valence-corrected chi connectivity index (χ0v) is 13.1. The predicted octanol–water partition coefficient (Wildman–Crippen LogP) is 1.68. The molecule has 0 aliphatic carbocycles. The van der Waals surface area contributed by atoms with E-state index in [0.29, 0.717) is 12.1 Å². The lowest BCUT2D eigenvalue weighted by Gasteiger charge is -2.17. The maximum atomic E-state index is 13.1. The fourth-order valence-electron chi connectivity index (χ4n) is 2.06. The van der Waals surface area contributed by atoms with E-state index in [0.717, 1.165) is 17.7 Å². The molecule has 0 saturated carbocycles. The molecule has 1 heterocycles. The van der Waals surface area contributed by atoms with Crippen LogP contribution in [0.3, 0.4) is 0 Å². The van der Waals surface area contributed by atoms with E-state index in [-0.39, 0.29) is 18.9 Å². The van der Waals surface area contributed by atoms with Crippen molar-refractivity contribution in [2.75, 3.05) is 13.6 Å². The van der Waals surface area contributed by atoms with Crippen LogP contribution in [-0.2, 0) is 22.6 Å². The summed E-state index contributed by atoms with van der Waals surface area (Å²) in [5.41, 5.74) is 1.26. The minimum atomic E-state index is -1.01.